The summed E-state index contributed by atoms with van der Waals surface area (Å²) in [6.07, 6.45) is 0. The van der Waals surface area contributed by atoms with E-state index in [2.05, 4.69) is 14.9 Å². The third kappa shape index (κ3) is 3.16. The van der Waals surface area contributed by atoms with Crippen LogP contribution in [0, 0.1) is 5.82 Å². The van der Waals surface area contributed by atoms with Crippen LogP contribution in [-0.2, 0) is 4.74 Å². The predicted molar refractivity (Wildman–Crippen MR) is 76.6 cm³/mol. The van der Waals surface area contributed by atoms with Crippen molar-refractivity contribution in [2.24, 2.45) is 0 Å². The Hall–Kier alpha value is -2.50. The number of carbonyl (C=O) groups excluding carboxylic acids is 1. The van der Waals surface area contributed by atoms with Crippen molar-refractivity contribution in [2.45, 2.75) is 13.0 Å². The van der Waals surface area contributed by atoms with Gasteiger partial charge < -0.3 is 9.64 Å². The van der Waals surface area contributed by atoms with Crippen LogP contribution in [0.25, 0.3) is 0 Å². The first-order chi connectivity index (χ1) is 10.0. The van der Waals surface area contributed by atoms with Crippen LogP contribution >= 0.6 is 0 Å². The van der Waals surface area contributed by atoms with Gasteiger partial charge in [0.15, 0.2) is 11.5 Å². The molecule has 5 nitrogen and oxygen atoms in total. The number of carbonyl (C=O) groups is 1. The second-order valence-corrected chi connectivity index (χ2v) is 4.58. The number of esters is 1. The second kappa shape index (κ2) is 6.30. The zero-order valence-electron chi connectivity index (χ0n) is 12.1. The highest BCUT2D eigenvalue weighted by atomic mass is 19.1. The fourth-order valence-electron chi connectivity index (χ4n) is 1.95. The smallest absolute Gasteiger partial charge is 0.358 e. The summed E-state index contributed by atoms with van der Waals surface area (Å²) in [5, 5.41) is 7.79. The highest BCUT2D eigenvalue weighted by Crippen LogP contribution is 2.25. The molecule has 1 aromatic carbocycles. The van der Waals surface area contributed by atoms with E-state index in [0.29, 0.717) is 11.4 Å². The molecule has 0 N–H and O–H groups in total. The summed E-state index contributed by atoms with van der Waals surface area (Å²) < 4.78 is 18.4. The first-order valence-corrected chi connectivity index (χ1v) is 6.44. The fraction of sp³-hybridized carbons (Fsp3) is 0.267. The molecule has 0 saturated heterocycles. The molecule has 2 aromatic rings. The summed E-state index contributed by atoms with van der Waals surface area (Å²) in [6.45, 7) is 1.87. The number of rotatable bonds is 4. The molecule has 0 aliphatic rings. The minimum absolute atomic E-state index is 0.133. The van der Waals surface area contributed by atoms with E-state index < -0.39 is 5.97 Å². The normalized spacial score (nSPS) is 11.8. The van der Waals surface area contributed by atoms with E-state index in [9.17, 15) is 9.18 Å². The first-order valence-electron chi connectivity index (χ1n) is 6.44. The maximum atomic E-state index is 13.8. The van der Waals surface area contributed by atoms with Crippen LogP contribution < -0.4 is 4.90 Å². The molecule has 0 bridgehead atoms. The number of hydrogen-bond acceptors (Lipinski definition) is 5. The molecule has 0 fully saturated rings. The van der Waals surface area contributed by atoms with Gasteiger partial charge in [-0.05, 0) is 25.1 Å². The minimum Gasteiger partial charge on any atom is -0.464 e. The van der Waals surface area contributed by atoms with E-state index in [1.54, 1.807) is 36.2 Å². The lowest BCUT2D eigenvalue weighted by atomic mass is 10.1. The molecule has 0 amide bonds. The number of halogens is 1. The maximum Gasteiger partial charge on any atom is 0.358 e. The molecule has 2 rings (SSSR count). The van der Waals surface area contributed by atoms with Crippen molar-refractivity contribution in [1.29, 1.82) is 0 Å². The predicted octanol–water partition coefficient (Wildman–Crippen LogP) is 2.60. The molecule has 0 radical (unpaired) electrons. The van der Waals surface area contributed by atoms with Crippen molar-refractivity contribution in [1.82, 2.24) is 10.2 Å². The highest BCUT2D eigenvalue weighted by molar-refractivity contribution is 5.86. The number of aromatic nitrogens is 2. The van der Waals surface area contributed by atoms with Gasteiger partial charge in [-0.1, -0.05) is 18.2 Å². The van der Waals surface area contributed by atoms with Gasteiger partial charge in [-0.2, -0.15) is 0 Å². The molecule has 1 heterocycles. The summed E-state index contributed by atoms with van der Waals surface area (Å²) in [5.41, 5.74) is 0.701. The number of hydrogen-bond donors (Lipinski definition) is 0. The lowest BCUT2D eigenvalue weighted by Crippen LogP contribution is -2.24. The number of anilines is 1. The van der Waals surface area contributed by atoms with Gasteiger partial charge in [-0.15, -0.1) is 10.2 Å². The van der Waals surface area contributed by atoms with Gasteiger partial charge in [-0.3, -0.25) is 0 Å². The second-order valence-electron chi connectivity index (χ2n) is 4.58. The molecule has 1 atom stereocenters. The Labute approximate surface area is 122 Å². The van der Waals surface area contributed by atoms with Crippen LogP contribution in [0.3, 0.4) is 0 Å². The van der Waals surface area contributed by atoms with E-state index in [0.717, 1.165) is 0 Å². The van der Waals surface area contributed by atoms with Gasteiger partial charge in [0.05, 0.1) is 13.2 Å². The number of methoxy groups -OCH3 is 1. The maximum absolute atomic E-state index is 13.8. The van der Waals surface area contributed by atoms with Crippen LogP contribution in [0.5, 0.6) is 0 Å². The topological polar surface area (TPSA) is 55.3 Å². The summed E-state index contributed by atoms with van der Waals surface area (Å²) in [4.78, 5) is 13.1. The Kier molecular flexibility index (Phi) is 4.47. The highest BCUT2D eigenvalue weighted by Gasteiger charge is 2.17. The first kappa shape index (κ1) is 14.9. The van der Waals surface area contributed by atoms with Crippen molar-refractivity contribution >= 4 is 11.8 Å². The van der Waals surface area contributed by atoms with Gasteiger partial charge in [-0.25, -0.2) is 9.18 Å². The van der Waals surface area contributed by atoms with Gasteiger partial charge in [0.1, 0.15) is 5.82 Å². The average Bonchev–Trinajstić information content (AvgIpc) is 2.53. The van der Waals surface area contributed by atoms with E-state index in [1.165, 1.54) is 19.2 Å². The van der Waals surface area contributed by atoms with E-state index in [4.69, 9.17) is 0 Å². The van der Waals surface area contributed by atoms with Crippen LogP contribution in [-0.4, -0.2) is 30.3 Å². The monoisotopic (exact) mass is 289 g/mol. The molecule has 0 spiro atoms. The average molecular weight is 289 g/mol. The molecule has 110 valence electrons. The van der Waals surface area contributed by atoms with Crippen molar-refractivity contribution in [3.63, 3.8) is 0 Å². The van der Waals surface area contributed by atoms with Gasteiger partial charge in [0.2, 0.25) is 0 Å². The van der Waals surface area contributed by atoms with E-state index >= 15 is 0 Å². The van der Waals surface area contributed by atoms with Crippen molar-refractivity contribution in [3.05, 3.63) is 53.5 Å². The Morgan fingerprint density at radius 2 is 1.95 bits per heavy atom. The van der Waals surface area contributed by atoms with Crippen LogP contribution in [0.15, 0.2) is 36.4 Å². The molecule has 0 aliphatic carbocycles. The summed E-state index contributed by atoms with van der Waals surface area (Å²) in [6, 6.07) is 9.54. The zero-order chi connectivity index (χ0) is 15.4. The van der Waals surface area contributed by atoms with Crippen LogP contribution in [0.4, 0.5) is 10.2 Å². The van der Waals surface area contributed by atoms with E-state index in [1.807, 2.05) is 6.92 Å². The third-order valence-electron chi connectivity index (χ3n) is 3.34. The Bertz CT molecular complexity index is 631. The zero-order valence-corrected chi connectivity index (χ0v) is 12.1. The number of nitrogens with zero attached hydrogens (tertiary/aromatic N) is 3. The Morgan fingerprint density at radius 3 is 2.52 bits per heavy atom. The summed E-state index contributed by atoms with van der Waals surface area (Å²) in [7, 11) is 3.07. The number of benzene rings is 1. The summed E-state index contributed by atoms with van der Waals surface area (Å²) >= 11 is 0. The van der Waals surface area contributed by atoms with E-state index in [-0.39, 0.29) is 17.6 Å². The molecule has 0 unspecified atom stereocenters. The molecule has 6 heteroatoms. The van der Waals surface area contributed by atoms with Gasteiger partial charge >= 0.3 is 5.97 Å². The third-order valence-corrected chi connectivity index (χ3v) is 3.34. The van der Waals surface area contributed by atoms with Crippen LogP contribution in [0.2, 0.25) is 0 Å². The number of ether oxygens (including phenoxy) is 1. The van der Waals surface area contributed by atoms with Gasteiger partial charge in [0.25, 0.3) is 0 Å². The fourth-order valence-corrected chi connectivity index (χ4v) is 1.95. The minimum atomic E-state index is -0.543. The largest absolute Gasteiger partial charge is 0.464 e. The molecule has 0 saturated carbocycles. The van der Waals surface area contributed by atoms with Crippen molar-refractivity contribution in [3.8, 4) is 0 Å². The lowest BCUT2D eigenvalue weighted by molar-refractivity contribution is 0.0592. The van der Waals surface area contributed by atoms with Crippen molar-refractivity contribution < 1.29 is 13.9 Å². The molecular formula is C15H16FN3O2. The Balaban J connectivity index is 2.22. The van der Waals surface area contributed by atoms with Crippen molar-refractivity contribution in [2.75, 3.05) is 19.1 Å². The standard InChI is InChI=1S/C15H16FN3O2/c1-10(11-6-4-5-7-12(11)16)19(2)14-9-8-13(17-18-14)15(20)21-3/h4-10H,1-3H3/t10-/m0/s1. The molecule has 1 aromatic heterocycles. The Morgan fingerprint density at radius 1 is 1.24 bits per heavy atom. The molecular weight excluding hydrogens is 273 g/mol. The summed E-state index contributed by atoms with van der Waals surface area (Å²) in [5.74, 6) is -0.270. The van der Waals surface area contributed by atoms with Crippen LogP contribution in [0.1, 0.15) is 29.0 Å². The molecule has 21 heavy (non-hydrogen) atoms. The lowest BCUT2D eigenvalue weighted by Gasteiger charge is -2.26. The molecule has 0 aliphatic heterocycles. The SMILES string of the molecule is COC(=O)c1ccc(N(C)[C@@H](C)c2ccccc2F)nn1. The quantitative estimate of drug-likeness (QED) is 0.810. The van der Waals surface area contributed by atoms with Gasteiger partial charge in [0, 0.05) is 12.6 Å².